The number of carbonyl (C=O) groups excluding carboxylic acids is 3. The third kappa shape index (κ3) is 4.42. The molecule has 1 heterocycles. The van der Waals surface area contributed by atoms with Crippen LogP contribution in [0, 0.1) is 5.92 Å². The normalized spacial score (nSPS) is 15.6. The molecule has 1 aromatic carbocycles. The molecular formula is C21H24N2O4S. The molecule has 0 fully saturated rings. The summed E-state index contributed by atoms with van der Waals surface area (Å²) in [6.45, 7) is 3.77. The minimum absolute atomic E-state index is 0.390. The van der Waals surface area contributed by atoms with Gasteiger partial charge in [-0.2, -0.15) is 0 Å². The zero-order valence-corrected chi connectivity index (χ0v) is 16.9. The Kier molecular flexibility index (Phi) is 6.14. The standard InChI is InChI=1S/C21H24N2O4S/c1-3-13-5-7-14(8-6-13)21(26)27-11-17(24)23-20-18(19(22)25)15-9-4-12(2)10-16(15)28-20/h5-8,12H,3-4,9-11H2,1-2H3,(H2,22,25)(H,23,24)/t12-/m1/s1. The number of nitrogens with one attached hydrogen (secondary N) is 1. The lowest BCUT2D eigenvalue weighted by Crippen LogP contribution is -2.23. The van der Waals surface area contributed by atoms with Gasteiger partial charge in [-0.1, -0.05) is 26.0 Å². The van der Waals surface area contributed by atoms with E-state index in [2.05, 4.69) is 12.2 Å². The van der Waals surface area contributed by atoms with Crippen LogP contribution < -0.4 is 11.1 Å². The highest BCUT2D eigenvalue weighted by Crippen LogP contribution is 2.39. The largest absolute Gasteiger partial charge is 0.452 e. The van der Waals surface area contributed by atoms with Gasteiger partial charge >= 0.3 is 5.97 Å². The highest BCUT2D eigenvalue weighted by molar-refractivity contribution is 7.17. The molecular weight excluding hydrogens is 376 g/mol. The van der Waals surface area contributed by atoms with Crippen LogP contribution in [0.5, 0.6) is 0 Å². The molecule has 6 nitrogen and oxygen atoms in total. The van der Waals surface area contributed by atoms with E-state index in [9.17, 15) is 14.4 Å². The molecule has 0 spiro atoms. The lowest BCUT2D eigenvalue weighted by molar-refractivity contribution is -0.119. The average Bonchev–Trinajstić information content (AvgIpc) is 3.03. The number of carbonyl (C=O) groups is 3. The van der Waals surface area contributed by atoms with E-state index in [1.54, 1.807) is 12.1 Å². The van der Waals surface area contributed by atoms with Gasteiger partial charge in [0.1, 0.15) is 5.00 Å². The lowest BCUT2D eigenvalue weighted by atomic mass is 9.88. The monoisotopic (exact) mass is 400 g/mol. The predicted octanol–water partition coefficient (Wildman–Crippen LogP) is 3.33. The Labute approximate surface area is 168 Å². The molecule has 3 rings (SSSR count). The molecule has 0 saturated heterocycles. The Morgan fingerprint density at radius 2 is 1.96 bits per heavy atom. The van der Waals surface area contributed by atoms with E-state index in [1.165, 1.54) is 11.3 Å². The number of rotatable bonds is 6. The number of primary amides is 1. The Morgan fingerprint density at radius 1 is 1.25 bits per heavy atom. The fourth-order valence-electron chi connectivity index (χ4n) is 3.35. The van der Waals surface area contributed by atoms with E-state index in [-0.39, 0.29) is 0 Å². The van der Waals surface area contributed by atoms with Gasteiger partial charge in [-0.05, 0) is 54.9 Å². The summed E-state index contributed by atoms with van der Waals surface area (Å²) < 4.78 is 5.09. The fraction of sp³-hybridized carbons (Fsp3) is 0.381. The van der Waals surface area contributed by atoms with Crippen LogP contribution in [0.2, 0.25) is 0 Å². The van der Waals surface area contributed by atoms with E-state index >= 15 is 0 Å². The van der Waals surface area contributed by atoms with Gasteiger partial charge in [0.15, 0.2) is 6.61 Å². The van der Waals surface area contributed by atoms with Gasteiger partial charge in [-0.3, -0.25) is 9.59 Å². The van der Waals surface area contributed by atoms with Crippen LogP contribution in [-0.4, -0.2) is 24.4 Å². The Morgan fingerprint density at radius 3 is 2.61 bits per heavy atom. The first kappa shape index (κ1) is 20.1. The zero-order valence-electron chi connectivity index (χ0n) is 16.0. The molecule has 0 unspecified atom stereocenters. The predicted molar refractivity (Wildman–Crippen MR) is 109 cm³/mol. The average molecular weight is 401 g/mol. The van der Waals surface area contributed by atoms with Crippen molar-refractivity contribution < 1.29 is 19.1 Å². The second-order valence-corrected chi connectivity index (χ2v) is 8.20. The summed E-state index contributed by atoms with van der Waals surface area (Å²) in [6, 6.07) is 7.07. The molecule has 1 aliphatic rings. The van der Waals surface area contributed by atoms with Crippen LogP contribution in [-0.2, 0) is 28.8 Å². The van der Waals surface area contributed by atoms with Crippen molar-refractivity contribution in [2.45, 2.75) is 39.5 Å². The van der Waals surface area contributed by atoms with Crippen molar-refractivity contribution in [3.8, 4) is 0 Å². The quantitative estimate of drug-likeness (QED) is 0.727. The molecule has 0 saturated carbocycles. The number of thiophene rings is 1. The van der Waals surface area contributed by atoms with Crippen molar-refractivity contribution in [1.29, 1.82) is 0 Å². The van der Waals surface area contributed by atoms with Crippen LogP contribution in [0.4, 0.5) is 5.00 Å². The van der Waals surface area contributed by atoms with Gasteiger partial charge in [0.05, 0.1) is 11.1 Å². The number of anilines is 1. The number of fused-ring (bicyclic) bond motifs is 1. The van der Waals surface area contributed by atoms with Gasteiger partial charge in [0, 0.05) is 4.88 Å². The van der Waals surface area contributed by atoms with Crippen LogP contribution in [0.3, 0.4) is 0 Å². The number of esters is 1. The summed E-state index contributed by atoms with van der Waals surface area (Å²) >= 11 is 1.38. The molecule has 1 aliphatic carbocycles. The first-order chi connectivity index (χ1) is 13.4. The molecule has 0 bridgehead atoms. The number of benzene rings is 1. The first-order valence-corrected chi connectivity index (χ1v) is 10.2. The minimum Gasteiger partial charge on any atom is -0.452 e. The second-order valence-electron chi connectivity index (χ2n) is 7.09. The maximum Gasteiger partial charge on any atom is 0.338 e. The molecule has 1 atom stereocenters. The summed E-state index contributed by atoms with van der Waals surface area (Å²) in [6.07, 6.45) is 3.53. The fourth-order valence-corrected chi connectivity index (χ4v) is 4.79. The number of hydrogen-bond acceptors (Lipinski definition) is 5. The molecule has 0 radical (unpaired) electrons. The number of ether oxygens (including phenoxy) is 1. The molecule has 7 heteroatoms. The highest BCUT2D eigenvalue weighted by atomic mass is 32.1. The summed E-state index contributed by atoms with van der Waals surface area (Å²) in [5.41, 5.74) is 8.39. The van der Waals surface area contributed by atoms with Crippen molar-refractivity contribution in [3.05, 3.63) is 51.4 Å². The van der Waals surface area contributed by atoms with Crippen molar-refractivity contribution >= 4 is 34.1 Å². The molecule has 2 aromatic rings. The van der Waals surface area contributed by atoms with Gasteiger partial charge < -0.3 is 15.8 Å². The third-order valence-electron chi connectivity index (χ3n) is 4.94. The number of hydrogen-bond donors (Lipinski definition) is 2. The Hall–Kier alpha value is -2.67. The molecule has 0 aliphatic heterocycles. The van der Waals surface area contributed by atoms with Crippen molar-refractivity contribution in [2.24, 2.45) is 11.7 Å². The number of aryl methyl sites for hydroxylation is 1. The Bertz CT molecular complexity index is 902. The van der Waals surface area contributed by atoms with Crippen molar-refractivity contribution in [1.82, 2.24) is 0 Å². The van der Waals surface area contributed by atoms with Gasteiger partial charge in [0.25, 0.3) is 11.8 Å². The van der Waals surface area contributed by atoms with E-state index in [1.807, 2.05) is 19.1 Å². The summed E-state index contributed by atoms with van der Waals surface area (Å²) in [4.78, 5) is 37.4. The van der Waals surface area contributed by atoms with Crippen LogP contribution in [0.1, 0.15) is 57.0 Å². The third-order valence-corrected chi connectivity index (χ3v) is 6.11. The highest BCUT2D eigenvalue weighted by Gasteiger charge is 2.27. The molecule has 2 amide bonds. The topological polar surface area (TPSA) is 98.5 Å². The number of nitrogens with two attached hydrogens (primary N) is 1. The minimum atomic E-state index is -0.563. The summed E-state index contributed by atoms with van der Waals surface area (Å²) in [7, 11) is 0. The number of amides is 2. The zero-order chi connectivity index (χ0) is 20.3. The SMILES string of the molecule is CCc1ccc(C(=O)OCC(=O)Nc2sc3c(c2C(N)=O)CC[C@@H](C)C3)cc1. The summed E-state index contributed by atoms with van der Waals surface area (Å²) in [5.74, 6) is -1.06. The van der Waals surface area contributed by atoms with Crippen molar-refractivity contribution in [3.63, 3.8) is 0 Å². The van der Waals surface area contributed by atoms with Gasteiger partial charge in [-0.25, -0.2) is 4.79 Å². The van der Waals surface area contributed by atoms with Gasteiger partial charge in [-0.15, -0.1) is 11.3 Å². The molecule has 3 N–H and O–H groups in total. The maximum absolute atomic E-state index is 12.3. The molecule has 148 valence electrons. The van der Waals surface area contributed by atoms with E-state index < -0.39 is 24.4 Å². The van der Waals surface area contributed by atoms with Crippen LogP contribution >= 0.6 is 11.3 Å². The maximum atomic E-state index is 12.3. The van der Waals surface area contributed by atoms with E-state index in [4.69, 9.17) is 10.5 Å². The van der Waals surface area contributed by atoms with Gasteiger partial charge in [0.2, 0.25) is 0 Å². The van der Waals surface area contributed by atoms with E-state index in [0.29, 0.717) is 22.0 Å². The second kappa shape index (κ2) is 8.56. The summed E-state index contributed by atoms with van der Waals surface area (Å²) in [5, 5.41) is 3.13. The Balaban J connectivity index is 1.64. The van der Waals surface area contributed by atoms with Crippen LogP contribution in [0.15, 0.2) is 24.3 Å². The van der Waals surface area contributed by atoms with E-state index in [0.717, 1.165) is 41.7 Å². The smallest absolute Gasteiger partial charge is 0.338 e. The molecule has 1 aromatic heterocycles. The van der Waals surface area contributed by atoms with Crippen LogP contribution in [0.25, 0.3) is 0 Å². The first-order valence-electron chi connectivity index (χ1n) is 9.39. The lowest BCUT2D eigenvalue weighted by Gasteiger charge is -2.18. The van der Waals surface area contributed by atoms with Crippen molar-refractivity contribution in [2.75, 3.05) is 11.9 Å². The molecule has 28 heavy (non-hydrogen) atoms.